The lowest BCUT2D eigenvalue weighted by molar-refractivity contribution is -0.143. The standard InChI is InChI=1S/C19H16BrClF3NO2/c20-13-6-3-11(4-7-13)17(25-9-1-2-16(25)18(26)27)14-10-12(19(22,23)24)5-8-15(14)21/h3-8,10,16-17H,1-2,9H2,(H,26,27). The summed E-state index contributed by atoms with van der Waals surface area (Å²) in [7, 11) is 0. The normalized spacial score (nSPS) is 19.2. The van der Waals surface area contributed by atoms with Crippen molar-refractivity contribution < 1.29 is 23.1 Å². The molecule has 3 nitrogen and oxygen atoms in total. The van der Waals surface area contributed by atoms with E-state index in [4.69, 9.17) is 11.6 Å². The highest BCUT2D eigenvalue weighted by atomic mass is 79.9. The van der Waals surface area contributed by atoms with Crippen molar-refractivity contribution in [1.82, 2.24) is 4.90 Å². The van der Waals surface area contributed by atoms with E-state index >= 15 is 0 Å². The van der Waals surface area contributed by atoms with Gasteiger partial charge in [0.15, 0.2) is 0 Å². The molecule has 1 saturated heterocycles. The second-order valence-electron chi connectivity index (χ2n) is 6.42. The fourth-order valence-electron chi connectivity index (χ4n) is 3.49. The van der Waals surface area contributed by atoms with Gasteiger partial charge in [0, 0.05) is 16.0 Å². The monoisotopic (exact) mass is 461 g/mol. The molecule has 1 N–H and O–H groups in total. The third-order valence-corrected chi connectivity index (χ3v) is 5.59. The average Bonchev–Trinajstić information content (AvgIpc) is 3.07. The first-order valence-electron chi connectivity index (χ1n) is 8.29. The topological polar surface area (TPSA) is 40.5 Å². The maximum Gasteiger partial charge on any atom is 0.416 e. The maximum atomic E-state index is 13.2. The van der Waals surface area contributed by atoms with E-state index in [2.05, 4.69) is 15.9 Å². The number of carboxylic acids is 1. The molecule has 144 valence electrons. The second-order valence-corrected chi connectivity index (χ2v) is 7.75. The van der Waals surface area contributed by atoms with E-state index in [1.54, 1.807) is 29.2 Å². The molecule has 0 bridgehead atoms. The number of carboxylic acid groups (broad SMARTS) is 1. The van der Waals surface area contributed by atoms with Crippen LogP contribution in [0.1, 0.15) is 35.6 Å². The minimum Gasteiger partial charge on any atom is -0.480 e. The molecule has 1 fully saturated rings. The Labute approximate surface area is 167 Å². The molecule has 0 spiro atoms. The van der Waals surface area contributed by atoms with Crippen molar-refractivity contribution in [2.24, 2.45) is 0 Å². The van der Waals surface area contributed by atoms with Crippen LogP contribution in [0.15, 0.2) is 46.9 Å². The van der Waals surface area contributed by atoms with Crippen LogP contribution >= 0.6 is 27.5 Å². The Morgan fingerprint density at radius 3 is 2.48 bits per heavy atom. The van der Waals surface area contributed by atoms with Crippen molar-refractivity contribution in [3.05, 3.63) is 68.7 Å². The summed E-state index contributed by atoms with van der Waals surface area (Å²) in [4.78, 5) is 13.4. The number of benzene rings is 2. The number of likely N-dealkylation sites (tertiary alicyclic amines) is 1. The van der Waals surface area contributed by atoms with Gasteiger partial charge in [0.05, 0.1) is 11.6 Å². The number of rotatable bonds is 4. The fraction of sp³-hybridized carbons (Fsp3) is 0.316. The highest BCUT2D eigenvalue weighted by Gasteiger charge is 2.39. The molecule has 2 aromatic rings. The van der Waals surface area contributed by atoms with Gasteiger partial charge in [0.25, 0.3) is 0 Å². The minimum atomic E-state index is -4.51. The predicted molar refractivity (Wildman–Crippen MR) is 99.8 cm³/mol. The number of halogens is 5. The largest absolute Gasteiger partial charge is 0.480 e. The molecule has 0 aromatic heterocycles. The minimum absolute atomic E-state index is 0.173. The third kappa shape index (κ3) is 4.31. The first-order chi connectivity index (χ1) is 12.7. The highest BCUT2D eigenvalue weighted by Crippen LogP contribution is 2.41. The summed E-state index contributed by atoms with van der Waals surface area (Å²) in [6.07, 6.45) is -3.42. The molecular weight excluding hydrogens is 447 g/mol. The first kappa shape index (κ1) is 20.2. The number of hydrogen-bond donors (Lipinski definition) is 1. The molecule has 0 radical (unpaired) electrons. The summed E-state index contributed by atoms with van der Waals surface area (Å²) in [5.74, 6) is -0.988. The smallest absolute Gasteiger partial charge is 0.416 e. The molecule has 2 aromatic carbocycles. The van der Waals surface area contributed by atoms with Crippen LogP contribution in [-0.2, 0) is 11.0 Å². The zero-order valence-corrected chi connectivity index (χ0v) is 16.4. The lowest BCUT2D eigenvalue weighted by Gasteiger charge is -2.33. The molecule has 2 atom stereocenters. The van der Waals surface area contributed by atoms with E-state index in [0.717, 1.165) is 16.6 Å². The molecule has 3 rings (SSSR count). The van der Waals surface area contributed by atoms with E-state index in [1.807, 2.05) is 0 Å². The number of aliphatic carboxylic acids is 1. The molecule has 27 heavy (non-hydrogen) atoms. The van der Waals surface area contributed by atoms with Crippen molar-refractivity contribution in [3.63, 3.8) is 0 Å². The summed E-state index contributed by atoms with van der Waals surface area (Å²) >= 11 is 9.62. The summed E-state index contributed by atoms with van der Waals surface area (Å²) in [6, 6.07) is 8.80. The summed E-state index contributed by atoms with van der Waals surface area (Å²) in [5, 5.41) is 9.73. The Morgan fingerprint density at radius 2 is 1.89 bits per heavy atom. The lowest BCUT2D eigenvalue weighted by atomic mass is 9.94. The highest BCUT2D eigenvalue weighted by molar-refractivity contribution is 9.10. The quantitative estimate of drug-likeness (QED) is 0.628. The maximum absolute atomic E-state index is 13.2. The number of alkyl halides is 3. The predicted octanol–water partition coefficient (Wildman–Crippen LogP) is 5.76. The van der Waals surface area contributed by atoms with E-state index < -0.39 is 29.8 Å². The van der Waals surface area contributed by atoms with Gasteiger partial charge in [-0.1, -0.05) is 39.7 Å². The Hall–Kier alpha value is -1.57. The molecule has 1 aliphatic rings. The van der Waals surface area contributed by atoms with Crippen molar-refractivity contribution in [1.29, 1.82) is 0 Å². The van der Waals surface area contributed by atoms with Crippen LogP contribution in [0.5, 0.6) is 0 Å². The Balaban J connectivity index is 2.16. The molecule has 0 amide bonds. The van der Waals surface area contributed by atoms with Gasteiger partial charge in [-0.25, -0.2) is 0 Å². The number of hydrogen-bond acceptors (Lipinski definition) is 2. The van der Waals surface area contributed by atoms with Crippen LogP contribution in [-0.4, -0.2) is 28.6 Å². The summed E-state index contributed by atoms with van der Waals surface area (Å²) in [5.41, 5.74) is 0.129. The second kappa shape index (κ2) is 7.81. The van der Waals surface area contributed by atoms with Crippen LogP contribution in [0.2, 0.25) is 5.02 Å². The zero-order chi connectivity index (χ0) is 19.8. The van der Waals surface area contributed by atoms with E-state index in [-0.39, 0.29) is 10.6 Å². The van der Waals surface area contributed by atoms with Crippen LogP contribution in [0.25, 0.3) is 0 Å². The van der Waals surface area contributed by atoms with Crippen LogP contribution < -0.4 is 0 Å². The van der Waals surface area contributed by atoms with Crippen LogP contribution in [0, 0.1) is 0 Å². The molecule has 8 heteroatoms. The molecular formula is C19H16BrClF3NO2. The molecule has 0 saturated carbocycles. The third-order valence-electron chi connectivity index (χ3n) is 4.71. The van der Waals surface area contributed by atoms with Crippen LogP contribution in [0.4, 0.5) is 13.2 Å². The molecule has 0 aliphatic carbocycles. The molecule has 1 aliphatic heterocycles. The van der Waals surface area contributed by atoms with E-state index in [0.29, 0.717) is 24.9 Å². The number of carbonyl (C=O) groups is 1. The summed E-state index contributed by atoms with van der Waals surface area (Å²) < 4.78 is 40.5. The summed E-state index contributed by atoms with van der Waals surface area (Å²) in [6.45, 7) is 0.463. The van der Waals surface area contributed by atoms with Gasteiger partial charge in [-0.2, -0.15) is 13.2 Å². The fourth-order valence-corrected chi connectivity index (χ4v) is 3.97. The van der Waals surface area contributed by atoms with E-state index in [1.165, 1.54) is 6.07 Å². The van der Waals surface area contributed by atoms with Crippen molar-refractivity contribution in [3.8, 4) is 0 Å². The van der Waals surface area contributed by atoms with Gasteiger partial charge in [-0.3, -0.25) is 9.69 Å². The Kier molecular flexibility index (Phi) is 5.84. The van der Waals surface area contributed by atoms with Crippen LogP contribution in [0.3, 0.4) is 0 Å². The van der Waals surface area contributed by atoms with Crippen molar-refractivity contribution in [2.75, 3.05) is 6.54 Å². The molecule has 1 heterocycles. The zero-order valence-electron chi connectivity index (χ0n) is 14.0. The van der Waals surface area contributed by atoms with Crippen molar-refractivity contribution in [2.45, 2.75) is 31.1 Å². The number of nitrogens with zero attached hydrogens (tertiary/aromatic N) is 1. The van der Waals surface area contributed by atoms with Gasteiger partial charge in [0.1, 0.15) is 6.04 Å². The SMILES string of the molecule is O=C(O)C1CCCN1C(c1ccc(Br)cc1)c1cc(C(F)(F)F)ccc1Cl. The van der Waals surface area contributed by atoms with Crippen molar-refractivity contribution >= 4 is 33.5 Å². The van der Waals surface area contributed by atoms with Gasteiger partial charge < -0.3 is 5.11 Å². The average molecular weight is 463 g/mol. The Bertz CT molecular complexity index is 842. The van der Waals surface area contributed by atoms with Gasteiger partial charge in [0.2, 0.25) is 0 Å². The first-order valence-corrected chi connectivity index (χ1v) is 9.46. The van der Waals surface area contributed by atoms with Gasteiger partial charge in [-0.15, -0.1) is 0 Å². The van der Waals surface area contributed by atoms with E-state index in [9.17, 15) is 23.1 Å². The molecule has 2 unspecified atom stereocenters. The lowest BCUT2D eigenvalue weighted by Crippen LogP contribution is -2.39. The van der Waals surface area contributed by atoms with Gasteiger partial charge >= 0.3 is 12.1 Å². The van der Waals surface area contributed by atoms with Gasteiger partial charge in [-0.05, 0) is 54.3 Å². The Morgan fingerprint density at radius 1 is 1.22 bits per heavy atom.